The third-order valence-corrected chi connectivity index (χ3v) is 7.34. The average Bonchev–Trinajstić information content (AvgIpc) is 2.75. The molecule has 4 N–H and O–H groups in total. The zero-order valence-electron chi connectivity index (χ0n) is 18.5. The highest BCUT2D eigenvalue weighted by molar-refractivity contribution is 7.89. The Morgan fingerprint density at radius 1 is 0.788 bits per heavy atom. The van der Waals surface area contributed by atoms with Crippen molar-refractivity contribution >= 4 is 20.0 Å². The lowest BCUT2D eigenvalue weighted by Gasteiger charge is -2.39. The van der Waals surface area contributed by atoms with Gasteiger partial charge in [0.05, 0.1) is 9.79 Å². The quantitative estimate of drug-likeness (QED) is 0.480. The molecule has 0 saturated carbocycles. The van der Waals surface area contributed by atoms with Gasteiger partial charge in [0.1, 0.15) is 24.7 Å². The maximum atomic E-state index is 11.3. The Morgan fingerprint density at radius 3 is 1.67 bits per heavy atom. The van der Waals surface area contributed by atoms with Crippen molar-refractivity contribution < 1.29 is 26.3 Å². The highest BCUT2D eigenvalue weighted by atomic mass is 32.2. The van der Waals surface area contributed by atoms with Crippen molar-refractivity contribution in [2.45, 2.75) is 22.8 Å². The number of sulfonamides is 2. The number of hydrogen-bond donors (Lipinski definition) is 2. The summed E-state index contributed by atoms with van der Waals surface area (Å²) in [4.78, 5) is 4.79. The maximum Gasteiger partial charge on any atom is 0.238 e. The van der Waals surface area contributed by atoms with Gasteiger partial charge in [-0.05, 0) is 55.5 Å². The van der Waals surface area contributed by atoms with Gasteiger partial charge in [0.15, 0.2) is 0 Å². The van der Waals surface area contributed by atoms with Crippen molar-refractivity contribution in [3.63, 3.8) is 0 Å². The first-order chi connectivity index (χ1) is 15.5. The molecule has 0 aromatic heterocycles. The van der Waals surface area contributed by atoms with Crippen molar-refractivity contribution in [3.05, 3.63) is 48.5 Å². The van der Waals surface area contributed by atoms with E-state index in [4.69, 9.17) is 19.8 Å². The first-order valence-electron chi connectivity index (χ1n) is 10.5. The highest BCUT2D eigenvalue weighted by Crippen LogP contribution is 2.17. The van der Waals surface area contributed by atoms with Crippen molar-refractivity contribution in [2.24, 2.45) is 10.3 Å². The minimum atomic E-state index is -3.70. The molecule has 10 nitrogen and oxygen atoms in total. The molecule has 1 aliphatic rings. The van der Waals surface area contributed by atoms with E-state index in [0.717, 1.165) is 32.7 Å². The summed E-state index contributed by atoms with van der Waals surface area (Å²) in [5.74, 6) is 1.20. The normalized spacial score (nSPS) is 18.2. The molecule has 33 heavy (non-hydrogen) atoms. The van der Waals surface area contributed by atoms with Gasteiger partial charge in [-0.1, -0.05) is 0 Å². The van der Waals surface area contributed by atoms with E-state index in [1.54, 1.807) is 24.3 Å². The molecular weight excluding hydrogens is 468 g/mol. The van der Waals surface area contributed by atoms with E-state index in [1.807, 2.05) is 0 Å². The summed E-state index contributed by atoms with van der Waals surface area (Å²) in [5.41, 5.74) is 0. The molecule has 1 unspecified atom stereocenters. The van der Waals surface area contributed by atoms with Gasteiger partial charge in [0.25, 0.3) is 0 Å². The van der Waals surface area contributed by atoms with Crippen LogP contribution in [0.15, 0.2) is 58.3 Å². The van der Waals surface area contributed by atoms with Crippen LogP contribution in [0, 0.1) is 0 Å². The molecule has 2 aromatic carbocycles. The number of primary sulfonamides is 2. The molecule has 12 heteroatoms. The van der Waals surface area contributed by atoms with E-state index in [9.17, 15) is 16.8 Å². The van der Waals surface area contributed by atoms with Gasteiger partial charge >= 0.3 is 0 Å². The lowest BCUT2D eigenvalue weighted by atomic mass is 10.2. The second kappa shape index (κ2) is 10.8. The van der Waals surface area contributed by atoms with Crippen LogP contribution in [0.25, 0.3) is 0 Å². The van der Waals surface area contributed by atoms with Gasteiger partial charge in [-0.3, -0.25) is 9.80 Å². The van der Waals surface area contributed by atoms with E-state index in [-0.39, 0.29) is 9.79 Å². The fourth-order valence-electron chi connectivity index (χ4n) is 3.63. The predicted molar refractivity (Wildman–Crippen MR) is 124 cm³/mol. The Balaban J connectivity index is 1.36. The fraction of sp³-hybridized carbons (Fsp3) is 0.429. The lowest BCUT2D eigenvalue weighted by Crippen LogP contribution is -2.53. The molecule has 1 saturated heterocycles. The molecule has 0 aliphatic carbocycles. The van der Waals surface area contributed by atoms with E-state index in [0.29, 0.717) is 30.8 Å². The second-order valence-corrected chi connectivity index (χ2v) is 11.0. The smallest absolute Gasteiger partial charge is 0.238 e. The monoisotopic (exact) mass is 498 g/mol. The maximum absolute atomic E-state index is 11.3. The van der Waals surface area contributed by atoms with Crippen molar-refractivity contribution in [2.75, 3.05) is 45.9 Å². The van der Waals surface area contributed by atoms with Gasteiger partial charge in [0, 0.05) is 38.8 Å². The Kier molecular flexibility index (Phi) is 8.32. The summed E-state index contributed by atoms with van der Waals surface area (Å²) in [6, 6.07) is 12.5. The molecule has 0 bridgehead atoms. The number of hydrogen-bond acceptors (Lipinski definition) is 8. The van der Waals surface area contributed by atoms with Crippen molar-refractivity contribution in [1.82, 2.24) is 9.80 Å². The van der Waals surface area contributed by atoms with E-state index >= 15 is 0 Å². The zero-order chi connectivity index (χ0) is 24.1. The average molecular weight is 499 g/mol. The molecule has 182 valence electrons. The minimum absolute atomic E-state index is 0.0593. The number of rotatable bonds is 10. The van der Waals surface area contributed by atoms with Crippen LogP contribution in [0.3, 0.4) is 0 Å². The fourth-order valence-corrected chi connectivity index (χ4v) is 4.66. The van der Waals surface area contributed by atoms with Gasteiger partial charge in [-0.15, -0.1) is 0 Å². The number of benzene rings is 2. The third kappa shape index (κ3) is 7.66. The van der Waals surface area contributed by atoms with Gasteiger partial charge in [-0.25, -0.2) is 27.1 Å². The van der Waals surface area contributed by atoms with Crippen LogP contribution in [0.4, 0.5) is 0 Å². The number of nitrogens with two attached hydrogens (primary N) is 2. The Labute approximate surface area is 195 Å². The molecule has 1 heterocycles. The van der Waals surface area contributed by atoms with Gasteiger partial charge in [-0.2, -0.15) is 0 Å². The van der Waals surface area contributed by atoms with Crippen LogP contribution in [0.2, 0.25) is 0 Å². The van der Waals surface area contributed by atoms with Crippen LogP contribution in [-0.2, 0) is 20.0 Å². The lowest BCUT2D eigenvalue weighted by molar-refractivity contribution is 0.0641. The Bertz CT molecular complexity index is 1120. The first kappa shape index (κ1) is 25.4. The van der Waals surface area contributed by atoms with Crippen LogP contribution >= 0.6 is 0 Å². The summed E-state index contributed by atoms with van der Waals surface area (Å²) < 4.78 is 56.7. The van der Waals surface area contributed by atoms with Crippen molar-refractivity contribution in [1.29, 1.82) is 0 Å². The molecule has 0 amide bonds. The second-order valence-electron chi connectivity index (χ2n) is 7.92. The van der Waals surface area contributed by atoms with Crippen LogP contribution in [-0.4, -0.2) is 78.6 Å². The Morgan fingerprint density at radius 2 is 1.24 bits per heavy atom. The van der Waals surface area contributed by atoms with Gasteiger partial charge in [0.2, 0.25) is 20.0 Å². The highest BCUT2D eigenvalue weighted by Gasteiger charge is 2.23. The molecule has 2 aromatic rings. The standard InChI is InChI=1S/C21H30N4O6S2/c1-17-16-24(12-14-30-18-2-6-20(7-3-18)32(22,26)27)10-11-25(17)13-15-31-19-4-8-21(9-5-19)33(23,28)29/h2-9,17H,10-16H2,1H3,(H2,22,26,27)(H2,23,28,29). The van der Waals surface area contributed by atoms with E-state index in [2.05, 4.69) is 16.7 Å². The molecule has 3 rings (SSSR count). The number of ether oxygens (including phenoxy) is 2. The largest absolute Gasteiger partial charge is 0.492 e. The predicted octanol–water partition coefficient (Wildman–Crippen LogP) is 0.445. The molecule has 1 atom stereocenters. The first-order valence-corrected chi connectivity index (χ1v) is 13.6. The van der Waals surface area contributed by atoms with Crippen LogP contribution in [0.1, 0.15) is 6.92 Å². The molecule has 1 aliphatic heterocycles. The van der Waals surface area contributed by atoms with Crippen molar-refractivity contribution in [3.8, 4) is 11.5 Å². The molecule has 0 spiro atoms. The van der Waals surface area contributed by atoms with Gasteiger partial charge < -0.3 is 9.47 Å². The topological polar surface area (TPSA) is 145 Å². The van der Waals surface area contributed by atoms with E-state index < -0.39 is 20.0 Å². The molecule has 1 fully saturated rings. The molecule has 0 radical (unpaired) electrons. The van der Waals surface area contributed by atoms with Crippen LogP contribution in [0.5, 0.6) is 11.5 Å². The SMILES string of the molecule is CC1CN(CCOc2ccc(S(N)(=O)=O)cc2)CCN1CCOc1ccc(S(N)(=O)=O)cc1. The van der Waals surface area contributed by atoms with Crippen LogP contribution < -0.4 is 19.8 Å². The number of nitrogens with zero attached hydrogens (tertiary/aromatic N) is 2. The Hall–Kier alpha value is -2.22. The molecular formula is C21H30N4O6S2. The summed E-state index contributed by atoms with van der Waals surface area (Å²) in [5, 5.41) is 10.2. The summed E-state index contributed by atoms with van der Waals surface area (Å²) in [7, 11) is -7.41. The summed E-state index contributed by atoms with van der Waals surface area (Å²) in [6.07, 6.45) is 0. The minimum Gasteiger partial charge on any atom is -0.492 e. The zero-order valence-corrected chi connectivity index (χ0v) is 20.1. The van der Waals surface area contributed by atoms with E-state index in [1.165, 1.54) is 24.3 Å². The third-order valence-electron chi connectivity index (χ3n) is 5.48. The number of piperazine rings is 1. The summed E-state index contributed by atoms with van der Waals surface area (Å²) >= 11 is 0. The summed E-state index contributed by atoms with van der Waals surface area (Å²) in [6.45, 7) is 7.40.